The molecule has 3 heterocycles. The molecule has 40 heavy (non-hydrogen) atoms. The van der Waals surface area contributed by atoms with Crippen molar-refractivity contribution in [3.63, 3.8) is 0 Å². The fourth-order valence-electron chi connectivity index (χ4n) is 6.35. The van der Waals surface area contributed by atoms with E-state index in [-0.39, 0.29) is 11.9 Å². The molecule has 2 aromatic carbocycles. The van der Waals surface area contributed by atoms with Gasteiger partial charge in [0.25, 0.3) is 5.91 Å². The van der Waals surface area contributed by atoms with E-state index in [1.54, 1.807) is 29.3 Å². The molecule has 6 rings (SSSR count). The highest BCUT2D eigenvalue weighted by Crippen LogP contribution is 2.38. The number of halogens is 1. The highest BCUT2D eigenvalue weighted by Gasteiger charge is 2.33. The van der Waals surface area contributed by atoms with Crippen LogP contribution in [0.15, 0.2) is 48.7 Å². The fraction of sp³-hybridized carbons (Fsp3) is 0.469. The van der Waals surface area contributed by atoms with Crippen molar-refractivity contribution >= 4 is 11.9 Å². The topological polar surface area (TPSA) is 67.8 Å². The van der Waals surface area contributed by atoms with Crippen molar-refractivity contribution in [2.24, 2.45) is 11.8 Å². The van der Waals surface area contributed by atoms with Gasteiger partial charge in [-0.3, -0.25) is 4.79 Å². The van der Waals surface area contributed by atoms with Gasteiger partial charge in [-0.2, -0.15) is 0 Å². The Morgan fingerprint density at radius 2 is 1.82 bits per heavy atom. The minimum atomic E-state index is -0.407. The first kappa shape index (κ1) is 26.5. The van der Waals surface area contributed by atoms with E-state index in [4.69, 9.17) is 19.4 Å². The number of hydrogen-bond donors (Lipinski definition) is 0. The molecule has 210 valence electrons. The fourth-order valence-corrected chi connectivity index (χ4v) is 6.35. The van der Waals surface area contributed by atoms with Crippen LogP contribution in [-0.4, -0.2) is 53.1 Å². The lowest BCUT2D eigenvalue weighted by molar-refractivity contribution is 0.0690. The van der Waals surface area contributed by atoms with E-state index in [0.717, 1.165) is 31.0 Å². The van der Waals surface area contributed by atoms with E-state index in [1.807, 2.05) is 32.0 Å². The van der Waals surface area contributed by atoms with E-state index < -0.39 is 5.82 Å². The lowest BCUT2D eigenvalue weighted by Crippen LogP contribution is -2.42. The lowest BCUT2D eigenvalue weighted by atomic mass is 9.75. The van der Waals surface area contributed by atoms with Gasteiger partial charge in [-0.05, 0) is 68.4 Å². The quantitative estimate of drug-likeness (QED) is 0.372. The Hall–Kier alpha value is -3.68. The standard InChI is InChI=1S/C32H37FN4O3/c1-21(2)37(19-22-11-12-28-29(17-22)40-16-15-39-28)31(38)26-18-34-32(35-30(26)25-9-5-6-10-27(25)33)36-14-13-23-7-3-4-8-24(23)20-36/h5-6,9-12,17-18,21,23-24H,3-4,7-8,13-16,19-20H2,1-2H3. The SMILES string of the molecule is CC(C)N(Cc1ccc2c(c1)OCCO2)C(=O)c1cnc(N2CCC3CCCCC3C2)nc1-c1ccccc1F. The number of rotatable bonds is 6. The van der Waals surface area contributed by atoms with E-state index in [1.165, 1.54) is 31.7 Å². The first-order valence-corrected chi connectivity index (χ1v) is 14.5. The Morgan fingerprint density at radius 3 is 2.62 bits per heavy atom. The Balaban J connectivity index is 1.33. The van der Waals surface area contributed by atoms with E-state index >= 15 is 4.39 Å². The summed E-state index contributed by atoms with van der Waals surface area (Å²) in [5, 5.41) is 0. The smallest absolute Gasteiger partial charge is 0.258 e. The molecule has 7 nitrogen and oxygen atoms in total. The largest absolute Gasteiger partial charge is 0.486 e. The second kappa shape index (κ2) is 11.4. The van der Waals surface area contributed by atoms with Crippen LogP contribution >= 0.6 is 0 Å². The predicted octanol–water partition coefficient (Wildman–Crippen LogP) is 6.12. The number of piperidine rings is 1. The Bertz CT molecular complexity index is 1380. The number of amides is 1. The predicted molar refractivity (Wildman–Crippen MR) is 152 cm³/mol. The molecule has 2 atom stereocenters. The number of hydrogen-bond acceptors (Lipinski definition) is 6. The van der Waals surface area contributed by atoms with Crippen molar-refractivity contribution < 1.29 is 18.7 Å². The van der Waals surface area contributed by atoms with Crippen LogP contribution in [0.25, 0.3) is 11.3 Å². The van der Waals surface area contributed by atoms with Gasteiger partial charge < -0.3 is 19.3 Å². The Morgan fingerprint density at radius 1 is 1.05 bits per heavy atom. The van der Waals surface area contributed by atoms with Crippen LogP contribution in [0.3, 0.4) is 0 Å². The number of carbonyl (C=O) groups is 1. The van der Waals surface area contributed by atoms with Crippen molar-refractivity contribution in [2.75, 3.05) is 31.2 Å². The monoisotopic (exact) mass is 544 g/mol. The molecule has 0 spiro atoms. The summed E-state index contributed by atoms with van der Waals surface area (Å²) in [6, 6.07) is 12.2. The second-order valence-electron chi connectivity index (χ2n) is 11.5. The summed E-state index contributed by atoms with van der Waals surface area (Å²) in [6.07, 6.45) is 7.87. The molecule has 1 saturated carbocycles. The molecule has 2 aliphatic heterocycles. The van der Waals surface area contributed by atoms with Crippen molar-refractivity contribution in [3.8, 4) is 22.8 Å². The zero-order valence-corrected chi connectivity index (χ0v) is 23.3. The van der Waals surface area contributed by atoms with Gasteiger partial charge in [-0.15, -0.1) is 0 Å². The average Bonchev–Trinajstić information content (AvgIpc) is 2.99. The first-order chi connectivity index (χ1) is 19.5. The number of nitrogens with zero attached hydrogens (tertiary/aromatic N) is 4. The maximum Gasteiger partial charge on any atom is 0.258 e. The van der Waals surface area contributed by atoms with Crippen LogP contribution in [-0.2, 0) is 6.54 Å². The summed E-state index contributed by atoms with van der Waals surface area (Å²) < 4.78 is 26.6. The van der Waals surface area contributed by atoms with Crippen LogP contribution in [0.5, 0.6) is 11.5 Å². The van der Waals surface area contributed by atoms with E-state index in [2.05, 4.69) is 4.90 Å². The summed E-state index contributed by atoms with van der Waals surface area (Å²) in [5.74, 6) is 2.74. The number of carbonyl (C=O) groups excluding carboxylic acids is 1. The van der Waals surface area contributed by atoms with E-state index in [9.17, 15) is 4.79 Å². The minimum Gasteiger partial charge on any atom is -0.486 e. The van der Waals surface area contributed by atoms with Gasteiger partial charge in [0.15, 0.2) is 11.5 Å². The van der Waals surface area contributed by atoms with Crippen LogP contribution in [0.2, 0.25) is 0 Å². The molecule has 3 aromatic rings. The molecule has 3 aliphatic rings. The summed E-state index contributed by atoms with van der Waals surface area (Å²) in [4.78, 5) is 27.7. The van der Waals surface area contributed by atoms with Gasteiger partial charge in [-0.25, -0.2) is 14.4 Å². The number of ether oxygens (including phenoxy) is 2. The minimum absolute atomic E-state index is 0.112. The zero-order chi connectivity index (χ0) is 27.6. The number of aromatic nitrogens is 2. The molecule has 2 fully saturated rings. The molecular weight excluding hydrogens is 507 g/mol. The molecule has 8 heteroatoms. The lowest BCUT2D eigenvalue weighted by Gasteiger charge is -2.41. The summed E-state index contributed by atoms with van der Waals surface area (Å²) in [5.41, 5.74) is 1.87. The normalized spacial score (nSPS) is 20.2. The van der Waals surface area contributed by atoms with Crippen LogP contribution in [0.1, 0.15) is 61.9 Å². The average molecular weight is 545 g/mol. The molecule has 1 aromatic heterocycles. The second-order valence-corrected chi connectivity index (χ2v) is 11.5. The highest BCUT2D eigenvalue weighted by molar-refractivity contribution is 6.00. The van der Waals surface area contributed by atoms with Gasteiger partial charge in [0.1, 0.15) is 19.0 Å². The zero-order valence-electron chi connectivity index (χ0n) is 23.3. The molecule has 2 unspecified atom stereocenters. The summed E-state index contributed by atoms with van der Waals surface area (Å²) in [6.45, 7) is 7.13. The van der Waals surface area contributed by atoms with Gasteiger partial charge in [0.2, 0.25) is 5.95 Å². The Kier molecular flexibility index (Phi) is 7.59. The Labute approximate surface area is 235 Å². The first-order valence-electron chi connectivity index (χ1n) is 14.5. The number of benzene rings is 2. The number of fused-ring (bicyclic) bond motifs is 2. The van der Waals surface area contributed by atoms with Gasteiger partial charge in [0, 0.05) is 37.4 Å². The van der Waals surface area contributed by atoms with Gasteiger partial charge in [-0.1, -0.05) is 37.5 Å². The molecule has 1 aliphatic carbocycles. The van der Waals surface area contributed by atoms with Crippen LogP contribution in [0, 0.1) is 17.7 Å². The van der Waals surface area contributed by atoms with Crippen molar-refractivity contribution in [1.82, 2.24) is 14.9 Å². The molecule has 0 radical (unpaired) electrons. The maximum absolute atomic E-state index is 15.2. The third kappa shape index (κ3) is 5.36. The summed E-state index contributed by atoms with van der Waals surface area (Å²) in [7, 11) is 0. The molecule has 0 bridgehead atoms. The molecule has 1 saturated heterocycles. The van der Waals surface area contributed by atoms with Crippen molar-refractivity contribution in [1.29, 1.82) is 0 Å². The number of anilines is 1. The third-order valence-corrected chi connectivity index (χ3v) is 8.55. The van der Waals surface area contributed by atoms with Crippen molar-refractivity contribution in [3.05, 3.63) is 65.6 Å². The molecule has 1 amide bonds. The van der Waals surface area contributed by atoms with Crippen molar-refractivity contribution in [2.45, 2.75) is 58.5 Å². The van der Waals surface area contributed by atoms with E-state index in [0.29, 0.717) is 59.9 Å². The van der Waals surface area contributed by atoms with Gasteiger partial charge in [0.05, 0.1) is 11.3 Å². The molecular formula is C32H37FN4O3. The third-order valence-electron chi connectivity index (χ3n) is 8.55. The molecule has 0 N–H and O–H groups in total. The van der Waals surface area contributed by atoms with Crippen LogP contribution in [0.4, 0.5) is 10.3 Å². The summed E-state index contributed by atoms with van der Waals surface area (Å²) >= 11 is 0. The highest BCUT2D eigenvalue weighted by atomic mass is 19.1. The maximum atomic E-state index is 15.2. The van der Waals surface area contributed by atoms with Crippen LogP contribution < -0.4 is 14.4 Å². The van der Waals surface area contributed by atoms with Gasteiger partial charge >= 0.3 is 0 Å².